The van der Waals surface area contributed by atoms with Crippen LogP contribution in [-0.4, -0.2) is 13.9 Å². The molecule has 0 aliphatic carbocycles. The second-order valence-electron chi connectivity index (χ2n) is 5.11. The maximum atomic E-state index is 11.6. The van der Waals surface area contributed by atoms with E-state index < -0.39 is 8.07 Å². The summed E-state index contributed by atoms with van der Waals surface area (Å²) >= 11 is 0. The lowest BCUT2D eigenvalue weighted by Gasteiger charge is -2.27. The summed E-state index contributed by atoms with van der Waals surface area (Å²) in [7, 11) is -1.28. The van der Waals surface area contributed by atoms with E-state index in [4.69, 9.17) is 0 Å². The maximum Gasteiger partial charge on any atom is 0.137 e. The number of Topliss-reactive ketones (excluding diaryl/α,β-unsaturated/α-hetero) is 1. The third-order valence-electron chi connectivity index (χ3n) is 3.39. The zero-order valence-electron chi connectivity index (χ0n) is 9.55. The van der Waals surface area contributed by atoms with Crippen LogP contribution < -0.4 is 5.19 Å². The van der Waals surface area contributed by atoms with Crippen LogP contribution in [0.25, 0.3) is 0 Å². The summed E-state index contributed by atoms with van der Waals surface area (Å²) in [6, 6.07) is 9.78. The van der Waals surface area contributed by atoms with Crippen LogP contribution >= 0.6 is 0 Å². The van der Waals surface area contributed by atoms with E-state index in [0.29, 0.717) is 12.2 Å². The molecule has 0 atom stereocenters. The van der Waals surface area contributed by atoms with Gasteiger partial charge in [-0.1, -0.05) is 48.6 Å². The summed E-state index contributed by atoms with van der Waals surface area (Å²) in [5.41, 5.74) is 1.29. The molecule has 1 aromatic rings. The fraction of sp³-hybridized carbons (Fsp3) is 0.462. The average molecular weight is 218 g/mol. The highest BCUT2D eigenvalue weighted by Crippen LogP contribution is 2.20. The molecule has 0 radical (unpaired) electrons. The van der Waals surface area contributed by atoms with Crippen molar-refractivity contribution in [2.24, 2.45) is 0 Å². The molecule has 15 heavy (non-hydrogen) atoms. The summed E-state index contributed by atoms with van der Waals surface area (Å²) in [4.78, 5) is 11.6. The fourth-order valence-electron chi connectivity index (χ4n) is 2.50. The Bertz CT molecular complexity index is 382. The largest absolute Gasteiger partial charge is 0.299 e. The van der Waals surface area contributed by atoms with Crippen molar-refractivity contribution in [1.82, 2.24) is 0 Å². The van der Waals surface area contributed by atoms with E-state index in [1.54, 1.807) is 0 Å². The van der Waals surface area contributed by atoms with E-state index in [1.807, 2.05) is 0 Å². The zero-order valence-corrected chi connectivity index (χ0v) is 10.5. The lowest BCUT2D eigenvalue weighted by molar-refractivity contribution is -0.118. The predicted octanol–water partition coefficient (Wildman–Crippen LogP) is 2.51. The minimum Gasteiger partial charge on any atom is -0.299 e. The number of carbonyl (C=O) groups excluding carboxylic acids is 1. The quantitative estimate of drug-likeness (QED) is 0.612. The molecule has 1 aliphatic rings. The Morgan fingerprint density at radius 2 is 1.93 bits per heavy atom. The van der Waals surface area contributed by atoms with Crippen molar-refractivity contribution >= 4 is 19.0 Å². The molecular weight excluding hydrogens is 200 g/mol. The average Bonchev–Trinajstić information content (AvgIpc) is 2.16. The van der Waals surface area contributed by atoms with Crippen molar-refractivity contribution in [1.29, 1.82) is 0 Å². The van der Waals surface area contributed by atoms with Gasteiger partial charge in [0.25, 0.3) is 0 Å². The van der Waals surface area contributed by atoms with E-state index in [-0.39, 0.29) is 0 Å². The first-order chi connectivity index (χ1) is 7.09. The molecule has 80 valence electrons. The predicted molar refractivity (Wildman–Crippen MR) is 66.3 cm³/mol. The van der Waals surface area contributed by atoms with Crippen LogP contribution in [0.5, 0.6) is 0 Å². The highest BCUT2D eigenvalue weighted by atomic mass is 28.3. The molecule has 1 aliphatic heterocycles. The summed E-state index contributed by atoms with van der Waals surface area (Å²) in [5, 5.41) is 1.50. The van der Waals surface area contributed by atoms with Crippen molar-refractivity contribution in [2.45, 2.75) is 38.4 Å². The Balaban J connectivity index is 2.46. The van der Waals surface area contributed by atoms with Gasteiger partial charge < -0.3 is 0 Å². The van der Waals surface area contributed by atoms with E-state index >= 15 is 0 Å². The first kappa shape index (κ1) is 10.6. The van der Waals surface area contributed by atoms with Gasteiger partial charge in [0.2, 0.25) is 0 Å². The summed E-state index contributed by atoms with van der Waals surface area (Å²) in [6.07, 6.45) is 2.53. The molecule has 2 rings (SSSR count). The van der Waals surface area contributed by atoms with E-state index in [0.717, 1.165) is 12.8 Å². The maximum absolute atomic E-state index is 11.6. The standard InChI is InChI=1S/C13H18OSi/c1-15(2)9-5-7-12(14)10-11-6-3-4-8-13(11)15/h3-4,6,8H,5,7,9-10H2,1-2H3. The van der Waals surface area contributed by atoms with Gasteiger partial charge in [-0.15, -0.1) is 0 Å². The highest BCUT2D eigenvalue weighted by Gasteiger charge is 2.27. The third-order valence-corrected chi connectivity index (χ3v) is 6.94. The first-order valence-corrected chi connectivity index (χ1v) is 8.90. The van der Waals surface area contributed by atoms with Crippen molar-refractivity contribution in [3.63, 3.8) is 0 Å². The molecule has 0 unspecified atom stereocenters. The van der Waals surface area contributed by atoms with Crippen LogP contribution in [0.1, 0.15) is 18.4 Å². The van der Waals surface area contributed by atoms with Gasteiger partial charge >= 0.3 is 0 Å². The monoisotopic (exact) mass is 218 g/mol. The molecule has 2 heteroatoms. The van der Waals surface area contributed by atoms with Crippen LogP contribution in [0.3, 0.4) is 0 Å². The molecule has 0 spiro atoms. The lowest BCUT2D eigenvalue weighted by atomic mass is 10.1. The van der Waals surface area contributed by atoms with Crippen molar-refractivity contribution in [2.75, 3.05) is 0 Å². The number of hydrogen-bond donors (Lipinski definition) is 0. The zero-order chi connectivity index (χ0) is 10.9. The van der Waals surface area contributed by atoms with E-state index in [1.165, 1.54) is 16.8 Å². The van der Waals surface area contributed by atoms with Crippen molar-refractivity contribution < 1.29 is 4.79 Å². The Morgan fingerprint density at radius 1 is 1.20 bits per heavy atom. The minimum absolute atomic E-state index is 0.409. The number of carbonyl (C=O) groups is 1. The van der Waals surface area contributed by atoms with E-state index in [9.17, 15) is 4.79 Å². The Labute approximate surface area is 92.5 Å². The van der Waals surface area contributed by atoms with Gasteiger partial charge in [0.1, 0.15) is 5.78 Å². The fourth-order valence-corrected chi connectivity index (χ4v) is 5.42. The Hall–Kier alpha value is -0.893. The molecule has 1 nitrogen and oxygen atoms in total. The summed E-state index contributed by atoms with van der Waals surface area (Å²) < 4.78 is 0. The highest BCUT2D eigenvalue weighted by molar-refractivity contribution is 6.90. The molecule has 1 heterocycles. The first-order valence-electron chi connectivity index (χ1n) is 5.70. The Morgan fingerprint density at radius 3 is 2.73 bits per heavy atom. The molecule has 0 amide bonds. The number of rotatable bonds is 0. The van der Waals surface area contributed by atoms with Gasteiger partial charge in [0.05, 0.1) is 8.07 Å². The Kier molecular flexibility index (Phi) is 2.78. The molecule has 0 saturated carbocycles. The molecule has 0 bridgehead atoms. The van der Waals surface area contributed by atoms with Crippen LogP contribution in [0.15, 0.2) is 24.3 Å². The van der Waals surface area contributed by atoms with Gasteiger partial charge in [-0.05, 0) is 12.0 Å². The van der Waals surface area contributed by atoms with Crippen molar-refractivity contribution in [3.8, 4) is 0 Å². The normalized spacial score (nSPS) is 20.3. The molecular formula is C13H18OSi. The van der Waals surface area contributed by atoms with Gasteiger partial charge in [-0.3, -0.25) is 4.79 Å². The van der Waals surface area contributed by atoms with Crippen LogP contribution in [0.2, 0.25) is 19.1 Å². The van der Waals surface area contributed by atoms with Crippen LogP contribution in [0, 0.1) is 0 Å². The number of ketones is 1. The smallest absolute Gasteiger partial charge is 0.137 e. The third kappa shape index (κ3) is 2.20. The molecule has 0 saturated heterocycles. The molecule has 0 N–H and O–H groups in total. The molecule has 0 fully saturated rings. The summed E-state index contributed by atoms with van der Waals surface area (Å²) in [5.74, 6) is 0.409. The molecule has 0 aromatic heterocycles. The summed E-state index contributed by atoms with van der Waals surface area (Å²) in [6.45, 7) is 4.84. The molecule has 1 aromatic carbocycles. The SMILES string of the molecule is C[Si]1(C)CCCC(=O)Cc2ccccc21. The number of hydrogen-bond acceptors (Lipinski definition) is 1. The minimum atomic E-state index is -1.28. The van der Waals surface area contributed by atoms with Crippen molar-refractivity contribution in [3.05, 3.63) is 29.8 Å². The van der Waals surface area contributed by atoms with Gasteiger partial charge in [-0.2, -0.15) is 0 Å². The van der Waals surface area contributed by atoms with Gasteiger partial charge in [0.15, 0.2) is 0 Å². The van der Waals surface area contributed by atoms with Crippen LogP contribution in [-0.2, 0) is 11.2 Å². The van der Waals surface area contributed by atoms with Crippen LogP contribution in [0.4, 0.5) is 0 Å². The van der Waals surface area contributed by atoms with Gasteiger partial charge in [-0.25, -0.2) is 0 Å². The van der Waals surface area contributed by atoms with Gasteiger partial charge in [0, 0.05) is 12.8 Å². The second-order valence-corrected chi connectivity index (χ2v) is 9.92. The second kappa shape index (κ2) is 3.93. The van der Waals surface area contributed by atoms with E-state index in [2.05, 4.69) is 37.4 Å². The number of fused-ring (bicyclic) bond motifs is 1. The lowest BCUT2D eigenvalue weighted by Crippen LogP contribution is -2.44. The number of benzene rings is 1. The topological polar surface area (TPSA) is 17.1 Å².